The van der Waals surface area contributed by atoms with Crippen LogP contribution in [-0.4, -0.2) is 41.1 Å². The second kappa shape index (κ2) is 6.61. The number of rotatable bonds is 3. The molecule has 0 saturated carbocycles. The number of carbonyl (C=O) groups excluding carboxylic acids is 1. The van der Waals surface area contributed by atoms with Crippen LogP contribution in [0.4, 0.5) is 0 Å². The molecule has 3 unspecified atom stereocenters. The number of carbonyl (C=O) groups is 1. The maximum atomic E-state index is 13.0. The van der Waals surface area contributed by atoms with Crippen molar-refractivity contribution in [3.8, 4) is 0 Å². The predicted octanol–water partition coefficient (Wildman–Crippen LogP) is 2.16. The van der Waals surface area contributed by atoms with Crippen LogP contribution in [0.1, 0.15) is 46.1 Å². The SMILES string of the molecule is Cc1noc(C2CNNC2C2CCCN2C(=O)c2ccccc2)c1C. The minimum atomic E-state index is 0.112. The van der Waals surface area contributed by atoms with E-state index in [0.717, 1.165) is 48.5 Å². The first-order chi connectivity index (χ1) is 12.2. The van der Waals surface area contributed by atoms with Gasteiger partial charge in [0.25, 0.3) is 5.91 Å². The lowest BCUT2D eigenvalue weighted by molar-refractivity contribution is 0.0701. The van der Waals surface area contributed by atoms with E-state index in [0.29, 0.717) is 0 Å². The molecule has 2 aliphatic heterocycles. The quantitative estimate of drug-likeness (QED) is 0.896. The van der Waals surface area contributed by atoms with E-state index < -0.39 is 0 Å². The molecule has 2 fully saturated rings. The van der Waals surface area contributed by atoms with E-state index in [1.807, 2.05) is 42.2 Å². The third kappa shape index (κ3) is 2.85. The van der Waals surface area contributed by atoms with Gasteiger partial charge in [0.05, 0.1) is 17.7 Å². The summed E-state index contributed by atoms with van der Waals surface area (Å²) < 4.78 is 5.62. The van der Waals surface area contributed by atoms with Crippen LogP contribution in [0.15, 0.2) is 34.9 Å². The van der Waals surface area contributed by atoms with Crippen molar-refractivity contribution in [3.63, 3.8) is 0 Å². The largest absolute Gasteiger partial charge is 0.360 e. The van der Waals surface area contributed by atoms with Crippen molar-refractivity contribution in [1.82, 2.24) is 20.9 Å². The van der Waals surface area contributed by atoms with Gasteiger partial charge in [-0.15, -0.1) is 0 Å². The van der Waals surface area contributed by atoms with Gasteiger partial charge in [-0.1, -0.05) is 23.4 Å². The monoisotopic (exact) mass is 340 g/mol. The summed E-state index contributed by atoms with van der Waals surface area (Å²) in [6.45, 7) is 5.60. The molecule has 2 saturated heterocycles. The van der Waals surface area contributed by atoms with Crippen molar-refractivity contribution in [2.45, 2.75) is 44.7 Å². The van der Waals surface area contributed by atoms with Crippen molar-refractivity contribution < 1.29 is 9.32 Å². The first kappa shape index (κ1) is 16.3. The summed E-state index contributed by atoms with van der Waals surface area (Å²) in [7, 11) is 0. The minimum absolute atomic E-state index is 0.112. The molecule has 1 aromatic carbocycles. The number of nitrogens with zero attached hydrogens (tertiary/aromatic N) is 2. The second-order valence-electron chi connectivity index (χ2n) is 6.99. The van der Waals surface area contributed by atoms with Crippen molar-refractivity contribution >= 4 is 5.91 Å². The van der Waals surface area contributed by atoms with Crippen molar-refractivity contribution in [2.24, 2.45) is 0 Å². The van der Waals surface area contributed by atoms with Crippen LogP contribution in [0.3, 0.4) is 0 Å². The van der Waals surface area contributed by atoms with Gasteiger partial charge in [-0.25, -0.2) is 0 Å². The number of hydrogen-bond acceptors (Lipinski definition) is 5. The van der Waals surface area contributed by atoms with Crippen LogP contribution in [-0.2, 0) is 0 Å². The highest BCUT2D eigenvalue weighted by Crippen LogP contribution is 2.34. The summed E-state index contributed by atoms with van der Waals surface area (Å²) in [6, 6.07) is 9.82. The molecule has 0 aliphatic carbocycles. The molecule has 25 heavy (non-hydrogen) atoms. The Bertz CT molecular complexity index is 758. The molecule has 1 amide bonds. The van der Waals surface area contributed by atoms with Gasteiger partial charge < -0.3 is 9.42 Å². The van der Waals surface area contributed by atoms with Gasteiger partial charge in [0.1, 0.15) is 5.76 Å². The molecule has 0 radical (unpaired) electrons. The van der Waals surface area contributed by atoms with Crippen molar-refractivity contribution in [2.75, 3.05) is 13.1 Å². The highest BCUT2D eigenvalue weighted by molar-refractivity contribution is 5.94. The maximum Gasteiger partial charge on any atom is 0.254 e. The lowest BCUT2D eigenvalue weighted by Crippen LogP contribution is -2.49. The summed E-state index contributed by atoms with van der Waals surface area (Å²) in [5, 5.41) is 4.11. The van der Waals surface area contributed by atoms with Crippen LogP contribution in [0.5, 0.6) is 0 Å². The molecule has 2 aromatic rings. The van der Waals surface area contributed by atoms with E-state index in [-0.39, 0.29) is 23.9 Å². The number of hydrogen-bond donors (Lipinski definition) is 2. The summed E-state index contributed by atoms with van der Waals surface area (Å²) in [5.74, 6) is 1.22. The number of benzene rings is 1. The third-order valence-corrected chi connectivity index (χ3v) is 5.55. The van der Waals surface area contributed by atoms with E-state index in [1.165, 1.54) is 0 Å². The average Bonchev–Trinajstić information content (AvgIpc) is 3.36. The molecule has 2 N–H and O–H groups in total. The zero-order valence-electron chi connectivity index (χ0n) is 14.7. The Morgan fingerprint density at radius 1 is 1.28 bits per heavy atom. The van der Waals surface area contributed by atoms with Gasteiger partial charge in [0, 0.05) is 30.3 Å². The Hall–Kier alpha value is -2.18. The van der Waals surface area contributed by atoms with Crippen LogP contribution in [0.25, 0.3) is 0 Å². The van der Waals surface area contributed by atoms with Gasteiger partial charge in [-0.3, -0.25) is 15.6 Å². The summed E-state index contributed by atoms with van der Waals surface area (Å²) in [5.41, 5.74) is 9.44. The van der Waals surface area contributed by atoms with Crippen molar-refractivity contribution in [1.29, 1.82) is 0 Å². The van der Waals surface area contributed by atoms with Crippen LogP contribution >= 0.6 is 0 Å². The fraction of sp³-hybridized carbons (Fsp3) is 0.474. The minimum Gasteiger partial charge on any atom is -0.360 e. The summed E-state index contributed by atoms with van der Waals surface area (Å²) in [6.07, 6.45) is 2.03. The fourth-order valence-corrected chi connectivity index (χ4v) is 4.08. The Balaban J connectivity index is 1.59. The van der Waals surface area contributed by atoms with E-state index in [9.17, 15) is 4.79 Å². The number of amides is 1. The standard InChI is InChI=1S/C19H24N4O2/c1-12-13(2)22-25-18(12)15-11-20-21-17(15)16-9-6-10-23(16)19(24)14-7-4-3-5-8-14/h3-5,7-8,15-17,20-21H,6,9-11H2,1-2H3. The number of nitrogens with one attached hydrogen (secondary N) is 2. The summed E-state index contributed by atoms with van der Waals surface area (Å²) >= 11 is 0. The maximum absolute atomic E-state index is 13.0. The van der Waals surface area contributed by atoms with Crippen LogP contribution in [0, 0.1) is 13.8 Å². The van der Waals surface area contributed by atoms with Gasteiger partial charge >= 0.3 is 0 Å². The Labute approximate surface area is 147 Å². The Morgan fingerprint density at radius 2 is 2.08 bits per heavy atom. The van der Waals surface area contributed by atoms with Gasteiger partial charge in [0.2, 0.25) is 0 Å². The molecule has 3 atom stereocenters. The number of aromatic nitrogens is 1. The molecule has 2 aliphatic rings. The zero-order chi connectivity index (χ0) is 17.4. The molecule has 132 valence electrons. The number of likely N-dealkylation sites (tertiary alicyclic amines) is 1. The van der Waals surface area contributed by atoms with Crippen LogP contribution in [0.2, 0.25) is 0 Å². The Kier molecular flexibility index (Phi) is 4.31. The fourth-order valence-electron chi connectivity index (χ4n) is 4.08. The first-order valence-electron chi connectivity index (χ1n) is 8.94. The van der Waals surface area contributed by atoms with Gasteiger partial charge in [-0.2, -0.15) is 0 Å². The molecular weight excluding hydrogens is 316 g/mol. The normalized spacial score (nSPS) is 26.3. The molecule has 1 aromatic heterocycles. The predicted molar refractivity (Wildman–Crippen MR) is 94.1 cm³/mol. The molecule has 0 bridgehead atoms. The first-order valence-corrected chi connectivity index (χ1v) is 8.94. The Morgan fingerprint density at radius 3 is 2.80 bits per heavy atom. The summed E-state index contributed by atoms with van der Waals surface area (Å²) in [4.78, 5) is 15.0. The van der Waals surface area contributed by atoms with Gasteiger partial charge in [-0.05, 0) is 38.8 Å². The van der Waals surface area contributed by atoms with E-state index in [4.69, 9.17) is 4.52 Å². The molecule has 0 spiro atoms. The molecule has 6 nitrogen and oxygen atoms in total. The lowest BCUT2D eigenvalue weighted by Gasteiger charge is -2.31. The van der Waals surface area contributed by atoms with Gasteiger partial charge in [0.15, 0.2) is 0 Å². The van der Waals surface area contributed by atoms with Crippen molar-refractivity contribution in [3.05, 3.63) is 52.9 Å². The highest BCUT2D eigenvalue weighted by Gasteiger charge is 2.43. The third-order valence-electron chi connectivity index (χ3n) is 5.55. The van der Waals surface area contributed by atoms with E-state index in [2.05, 4.69) is 22.9 Å². The molecule has 3 heterocycles. The molecular formula is C19H24N4O2. The van der Waals surface area contributed by atoms with Crippen LogP contribution < -0.4 is 10.9 Å². The highest BCUT2D eigenvalue weighted by atomic mass is 16.5. The lowest BCUT2D eigenvalue weighted by atomic mass is 9.89. The zero-order valence-corrected chi connectivity index (χ0v) is 14.7. The number of hydrazine groups is 1. The smallest absolute Gasteiger partial charge is 0.254 e. The average molecular weight is 340 g/mol. The van der Waals surface area contributed by atoms with E-state index in [1.54, 1.807) is 0 Å². The second-order valence-corrected chi connectivity index (χ2v) is 6.99. The number of aryl methyl sites for hydroxylation is 1. The van der Waals surface area contributed by atoms with E-state index >= 15 is 0 Å². The molecule has 4 rings (SSSR count). The topological polar surface area (TPSA) is 70.4 Å². The molecule has 6 heteroatoms.